The molecule has 1 aliphatic rings. The van der Waals surface area contributed by atoms with Crippen molar-refractivity contribution in [3.8, 4) is 0 Å². The summed E-state index contributed by atoms with van der Waals surface area (Å²) in [5.41, 5.74) is 0. The first kappa shape index (κ1) is 13.6. The van der Waals surface area contributed by atoms with Crippen LogP contribution in [0.3, 0.4) is 0 Å². The molecule has 1 atom stereocenters. The van der Waals surface area contributed by atoms with E-state index in [-0.39, 0.29) is 6.42 Å². The number of carbonyl (C=O) groups is 1. The van der Waals surface area contributed by atoms with Gasteiger partial charge in [0, 0.05) is 32.6 Å². The van der Waals surface area contributed by atoms with Crippen molar-refractivity contribution in [3.63, 3.8) is 0 Å². The van der Waals surface area contributed by atoms with E-state index in [1.807, 2.05) is 13.1 Å². The minimum atomic E-state index is -0.711. The van der Waals surface area contributed by atoms with Gasteiger partial charge in [-0.25, -0.2) is 9.97 Å². The Labute approximate surface area is 112 Å². The van der Waals surface area contributed by atoms with Crippen LogP contribution in [0.15, 0.2) is 12.4 Å². The van der Waals surface area contributed by atoms with Crippen LogP contribution in [0.1, 0.15) is 25.7 Å². The van der Waals surface area contributed by atoms with E-state index in [4.69, 9.17) is 5.11 Å². The standard InChI is InChI=1S/C13H20N4O2/c1-14-11-7-12(16-9-15-11)17-6-2-3-10(8-17)4-5-13(18)19/h7,9-10H,2-6,8H2,1H3,(H,18,19)(H,14,15,16). The molecule has 0 aliphatic carbocycles. The van der Waals surface area contributed by atoms with Crippen molar-refractivity contribution < 1.29 is 9.90 Å². The Balaban J connectivity index is 1.97. The lowest BCUT2D eigenvalue weighted by Gasteiger charge is -2.33. The van der Waals surface area contributed by atoms with Gasteiger partial charge in [0.1, 0.15) is 18.0 Å². The molecule has 0 bridgehead atoms. The molecule has 2 rings (SSSR count). The van der Waals surface area contributed by atoms with Crippen LogP contribution in [0, 0.1) is 5.92 Å². The molecule has 0 radical (unpaired) electrons. The van der Waals surface area contributed by atoms with E-state index < -0.39 is 5.97 Å². The van der Waals surface area contributed by atoms with Crippen LogP contribution in [-0.2, 0) is 4.79 Å². The molecular formula is C13H20N4O2. The van der Waals surface area contributed by atoms with Gasteiger partial charge in [-0.3, -0.25) is 4.79 Å². The van der Waals surface area contributed by atoms with Crippen LogP contribution >= 0.6 is 0 Å². The SMILES string of the molecule is CNc1cc(N2CCCC(CCC(=O)O)C2)ncn1. The van der Waals surface area contributed by atoms with Crippen LogP contribution in [0.25, 0.3) is 0 Å². The number of hydrogen-bond acceptors (Lipinski definition) is 5. The summed E-state index contributed by atoms with van der Waals surface area (Å²) in [5.74, 6) is 1.45. The number of aromatic nitrogens is 2. The molecule has 1 fully saturated rings. The van der Waals surface area contributed by atoms with Gasteiger partial charge >= 0.3 is 5.97 Å². The van der Waals surface area contributed by atoms with E-state index in [9.17, 15) is 4.79 Å². The van der Waals surface area contributed by atoms with Crippen molar-refractivity contribution in [2.24, 2.45) is 5.92 Å². The summed E-state index contributed by atoms with van der Waals surface area (Å²) in [4.78, 5) is 21.3. The molecule has 1 aromatic heterocycles. The molecule has 1 aliphatic heterocycles. The molecule has 1 unspecified atom stereocenters. The number of anilines is 2. The van der Waals surface area contributed by atoms with E-state index in [0.717, 1.165) is 44.0 Å². The fourth-order valence-electron chi connectivity index (χ4n) is 2.49. The monoisotopic (exact) mass is 264 g/mol. The van der Waals surface area contributed by atoms with E-state index in [1.54, 1.807) is 6.33 Å². The third kappa shape index (κ3) is 3.81. The molecular weight excluding hydrogens is 244 g/mol. The lowest BCUT2D eigenvalue weighted by Crippen LogP contribution is -2.36. The molecule has 1 saturated heterocycles. The molecule has 2 heterocycles. The maximum Gasteiger partial charge on any atom is 0.303 e. The highest BCUT2D eigenvalue weighted by atomic mass is 16.4. The van der Waals surface area contributed by atoms with Crippen molar-refractivity contribution in [2.75, 3.05) is 30.4 Å². The quantitative estimate of drug-likeness (QED) is 0.841. The van der Waals surface area contributed by atoms with Crippen molar-refractivity contribution >= 4 is 17.6 Å². The van der Waals surface area contributed by atoms with Crippen LogP contribution in [0.5, 0.6) is 0 Å². The average molecular weight is 264 g/mol. The molecule has 104 valence electrons. The first-order chi connectivity index (χ1) is 9.19. The molecule has 1 aromatic rings. The van der Waals surface area contributed by atoms with Gasteiger partial charge in [0.25, 0.3) is 0 Å². The van der Waals surface area contributed by atoms with Crippen LogP contribution in [0.2, 0.25) is 0 Å². The Morgan fingerprint density at radius 2 is 2.42 bits per heavy atom. The molecule has 0 spiro atoms. The highest BCUT2D eigenvalue weighted by molar-refractivity contribution is 5.66. The van der Waals surface area contributed by atoms with Crippen molar-refractivity contribution in [2.45, 2.75) is 25.7 Å². The largest absolute Gasteiger partial charge is 0.481 e. The highest BCUT2D eigenvalue weighted by Crippen LogP contribution is 2.25. The first-order valence-corrected chi connectivity index (χ1v) is 6.65. The molecule has 0 aromatic carbocycles. The number of aliphatic carboxylic acids is 1. The minimum Gasteiger partial charge on any atom is -0.481 e. The summed E-state index contributed by atoms with van der Waals surface area (Å²) >= 11 is 0. The van der Waals surface area contributed by atoms with Crippen LogP contribution < -0.4 is 10.2 Å². The number of carboxylic acids is 1. The highest BCUT2D eigenvalue weighted by Gasteiger charge is 2.21. The van der Waals surface area contributed by atoms with E-state index in [1.165, 1.54) is 0 Å². The molecule has 2 N–H and O–H groups in total. The van der Waals surface area contributed by atoms with Crippen LogP contribution in [-0.4, -0.2) is 41.2 Å². The summed E-state index contributed by atoms with van der Waals surface area (Å²) in [6.07, 6.45) is 4.75. The summed E-state index contributed by atoms with van der Waals surface area (Å²) in [6, 6.07) is 1.93. The van der Waals surface area contributed by atoms with E-state index in [0.29, 0.717) is 5.92 Å². The normalized spacial score (nSPS) is 19.2. The maximum atomic E-state index is 10.6. The van der Waals surface area contributed by atoms with Gasteiger partial charge in [0.05, 0.1) is 0 Å². The van der Waals surface area contributed by atoms with Gasteiger partial charge in [-0.2, -0.15) is 0 Å². The van der Waals surface area contributed by atoms with E-state index >= 15 is 0 Å². The Hall–Kier alpha value is -1.85. The third-order valence-electron chi connectivity index (χ3n) is 3.52. The predicted molar refractivity (Wildman–Crippen MR) is 73.4 cm³/mol. The van der Waals surface area contributed by atoms with E-state index in [2.05, 4.69) is 20.2 Å². The number of hydrogen-bond donors (Lipinski definition) is 2. The summed E-state index contributed by atoms with van der Waals surface area (Å²) in [5, 5.41) is 11.8. The van der Waals surface area contributed by atoms with Gasteiger partial charge in [-0.05, 0) is 25.2 Å². The lowest BCUT2D eigenvalue weighted by molar-refractivity contribution is -0.137. The zero-order chi connectivity index (χ0) is 13.7. The second-order valence-corrected chi connectivity index (χ2v) is 4.90. The number of piperidine rings is 1. The Morgan fingerprint density at radius 1 is 1.58 bits per heavy atom. The lowest BCUT2D eigenvalue weighted by atomic mass is 9.93. The second-order valence-electron chi connectivity index (χ2n) is 4.90. The van der Waals surface area contributed by atoms with Gasteiger partial charge in [0.15, 0.2) is 0 Å². The van der Waals surface area contributed by atoms with Gasteiger partial charge < -0.3 is 15.3 Å². The topological polar surface area (TPSA) is 78.4 Å². The zero-order valence-electron chi connectivity index (χ0n) is 11.2. The average Bonchev–Trinajstić information content (AvgIpc) is 2.45. The molecule has 0 saturated carbocycles. The maximum absolute atomic E-state index is 10.6. The summed E-state index contributed by atoms with van der Waals surface area (Å²) in [7, 11) is 1.83. The molecule has 6 heteroatoms. The molecule has 19 heavy (non-hydrogen) atoms. The Morgan fingerprint density at radius 3 is 3.16 bits per heavy atom. The number of nitrogens with one attached hydrogen (secondary N) is 1. The Bertz CT molecular complexity index is 438. The number of nitrogens with zero attached hydrogens (tertiary/aromatic N) is 3. The molecule has 6 nitrogen and oxygen atoms in total. The smallest absolute Gasteiger partial charge is 0.303 e. The first-order valence-electron chi connectivity index (χ1n) is 6.65. The minimum absolute atomic E-state index is 0.254. The van der Waals surface area contributed by atoms with Crippen molar-refractivity contribution in [1.29, 1.82) is 0 Å². The molecule has 0 amide bonds. The summed E-state index contributed by atoms with van der Waals surface area (Å²) < 4.78 is 0. The van der Waals surface area contributed by atoms with Crippen molar-refractivity contribution in [3.05, 3.63) is 12.4 Å². The van der Waals surface area contributed by atoms with Gasteiger partial charge in [-0.15, -0.1) is 0 Å². The summed E-state index contributed by atoms with van der Waals surface area (Å²) in [6.45, 7) is 1.86. The number of carboxylic acid groups (broad SMARTS) is 1. The second kappa shape index (κ2) is 6.36. The number of rotatable bonds is 5. The fraction of sp³-hybridized carbons (Fsp3) is 0.615. The zero-order valence-corrected chi connectivity index (χ0v) is 11.2. The van der Waals surface area contributed by atoms with Crippen molar-refractivity contribution in [1.82, 2.24) is 9.97 Å². The predicted octanol–water partition coefficient (Wildman–Crippen LogP) is 1.60. The third-order valence-corrected chi connectivity index (χ3v) is 3.52. The van der Waals surface area contributed by atoms with Crippen LogP contribution in [0.4, 0.5) is 11.6 Å². The Kier molecular flexibility index (Phi) is 4.54. The fourth-order valence-corrected chi connectivity index (χ4v) is 2.49. The van der Waals surface area contributed by atoms with Gasteiger partial charge in [-0.1, -0.05) is 0 Å². The van der Waals surface area contributed by atoms with Gasteiger partial charge in [0.2, 0.25) is 0 Å².